The van der Waals surface area contributed by atoms with Gasteiger partial charge < -0.3 is 35.5 Å². The number of anilines is 2. The number of aromatic nitrogens is 2. The van der Waals surface area contributed by atoms with Crippen LogP contribution >= 0.6 is 0 Å². The summed E-state index contributed by atoms with van der Waals surface area (Å²) in [6.45, 7) is 1.01. The van der Waals surface area contributed by atoms with Crippen molar-refractivity contribution in [1.29, 1.82) is 0 Å². The zero-order valence-electron chi connectivity index (χ0n) is 30.1. The van der Waals surface area contributed by atoms with Gasteiger partial charge in [-0.3, -0.25) is 9.59 Å². The van der Waals surface area contributed by atoms with E-state index in [0.29, 0.717) is 56.6 Å². The van der Waals surface area contributed by atoms with E-state index >= 15 is 0 Å². The van der Waals surface area contributed by atoms with Crippen LogP contribution in [0.1, 0.15) is 66.8 Å². The second kappa shape index (κ2) is 17.3. The van der Waals surface area contributed by atoms with Gasteiger partial charge in [0.15, 0.2) is 6.29 Å². The molecule has 0 bridgehead atoms. The summed E-state index contributed by atoms with van der Waals surface area (Å²) in [5, 5.41) is 15.4. The summed E-state index contributed by atoms with van der Waals surface area (Å²) in [6.07, 6.45) is 3.43. The van der Waals surface area contributed by atoms with Crippen molar-refractivity contribution >= 4 is 34.2 Å². The van der Waals surface area contributed by atoms with E-state index in [1.54, 1.807) is 12.1 Å². The minimum atomic E-state index is -0.606. The van der Waals surface area contributed by atoms with Gasteiger partial charge >= 0.3 is 0 Å². The molecule has 1 aromatic heterocycles. The molecule has 54 heavy (non-hydrogen) atoms. The number of nitrogens with two attached hydrogens (primary N) is 1. The fourth-order valence-electron chi connectivity index (χ4n) is 6.82. The van der Waals surface area contributed by atoms with Crippen molar-refractivity contribution in [3.63, 3.8) is 0 Å². The number of aliphatic hydroxyl groups is 1. The van der Waals surface area contributed by atoms with Crippen LogP contribution in [-0.2, 0) is 38.8 Å². The topological polar surface area (TPSA) is 141 Å². The lowest BCUT2D eigenvalue weighted by Crippen LogP contribution is -2.32. The molecule has 5 aromatic carbocycles. The number of hydrogen-bond donors (Lipinski definition) is 4. The largest absolute Gasteiger partial charge is 0.397 e. The number of amides is 2. The predicted molar refractivity (Wildman–Crippen MR) is 210 cm³/mol. The molecule has 2 amide bonds. The lowest BCUT2D eigenvalue weighted by atomic mass is 9.98. The van der Waals surface area contributed by atoms with E-state index < -0.39 is 6.29 Å². The highest BCUT2D eigenvalue weighted by molar-refractivity contribution is 5.93. The Labute approximate surface area is 315 Å². The second-order valence-electron chi connectivity index (χ2n) is 13.7. The van der Waals surface area contributed by atoms with Gasteiger partial charge in [-0.2, -0.15) is 0 Å². The number of nitrogen functional groups attached to an aromatic ring is 1. The van der Waals surface area contributed by atoms with Crippen LogP contribution in [0.15, 0.2) is 128 Å². The second-order valence-corrected chi connectivity index (χ2v) is 13.7. The number of para-hydroxylation sites is 4. The average molecular weight is 724 g/mol. The van der Waals surface area contributed by atoms with Crippen LogP contribution in [0, 0.1) is 0 Å². The number of carbonyl (C=O) groups is 2. The van der Waals surface area contributed by atoms with Crippen molar-refractivity contribution in [3.05, 3.63) is 150 Å². The number of imidazole rings is 1. The molecule has 10 heteroatoms. The lowest BCUT2D eigenvalue weighted by Gasteiger charge is -2.36. The molecule has 2 heterocycles. The van der Waals surface area contributed by atoms with E-state index in [0.717, 1.165) is 44.4 Å². The predicted octanol–water partition coefficient (Wildman–Crippen LogP) is 7.84. The van der Waals surface area contributed by atoms with Crippen molar-refractivity contribution in [3.8, 4) is 11.1 Å². The van der Waals surface area contributed by atoms with E-state index in [9.17, 15) is 14.7 Å². The molecule has 1 saturated heterocycles. The van der Waals surface area contributed by atoms with E-state index in [2.05, 4.69) is 50.5 Å². The third-order valence-electron chi connectivity index (χ3n) is 9.74. The van der Waals surface area contributed by atoms with E-state index in [1.807, 2.05) is 85.2 Å². The van der Waals surface area contributed by atoms with E-state index in [-0.39, 0.29) is 30.6 Å². The van der Waals surface area contributed by atoms with Crippen molar-refractivity contribution in [2.75, 3.05) is 11.1 Å². The van der Waals surface area contributed by atoms with Crippen LogP contribution in [0.5, 0.6) is 0 Å². The standard InChI is InChI=1S/C44H45N5O5/c45-37-13-1-2-14-38(37)48-43(52)18-6-5-17-42(51)46-26-31-9-7-10-33(23-31)34-11-8-12-35(24-34)44-53-36(27-49-29-47-39-15-3-4-16-40(39)49)25-41(54-44)32-21-19-30(28-50)20-22-32/h1-4,7-16,19-24,29,36,41,44,50H,5-6,17-18,25-28,45H2,(H,46,51)(H,48,52). The first-order chi connectivity index (χ1) is 26.4. The van der Waals surface area contributed by atoms with Gasteiger partial charge in [0.05, 0.1) is 54.1 Å². The molecule has 1 aliphatic rings. The molecule has 10 nitrogen and oxygen atoms in total. The van der Waals surface area contributed by atoms with Crippen molar-refractivity contribution < 1.29 is 24.2 Å². The number of hydrogen-bond acceptors (Lipinski definition) is 7. The first-order valence-corrected chi connectivity index (χ1v) is 18.4. The van der Waals surface area contributed by atoms with Gasteiger partial charge in [-0.25, -0.2) is 4.98 Å². The first-order valence-electron chi connectivity index (χ1n) is 18.4. The molecule has 0 aliphatic carbocycles. The number of rotatable bonds is 14. The van der Waals surface area contributed by atoms with Crippen molar-refractivity contribution in [1.82, 2.24) is 14.9 Å². The Balaban J connectivity index is 0.980. The molecule has 0 radical (unpaired) electrons. The van der Waals surface area contributed by atoms with Gasteiger partial charge in [0.2, 0.25) is 11.8 Å². The van der Waals surface area contributed by atoms with Crippen LogP contribution in [0.3, 0.4) is 0 Å². The third kappa shape index (κ3) is 9.21. The molecule has 1 aliphatic heterocycles. The molecule has 6 aromatic rings. The molecule has 3 unspecified atom stereocenters. The normalized spacial score (nSPS) is 16.9. The summed E-state index contributed by atoms with van der Waals surface area (Å²) >= 11 is 0. The smallest absolute Gasteiger partial charge is 0.224 e. The number of aliphatic hydroxyl groups excluding tert-OH is 1. The SMILES string of the molecule is Nc1ccccc1NC(=O)CCCCC(=O)NCc1cccc(-c2cccc(C3OC(Cn4cnc5ccccc54)CC(c4ccc(CO)cc4)O3)c2)c1. The number of nitrogens with one attached hydrogen (secondary N) is 2. The van der Waals surface area contributed by atoms with E-state index in [1.165, 1.54) is 0 Å². The molecular weight excluding hydrogens is 679 g/mol. The average Bonchev–Trinajstić information content (AvgIpc) is 3.62. The summed E-state index contributed by atoms with van der Waals surface area (Å²) in [4.78, 5) is 29.5. The minimum absolute atomic E-state index is 0.0117. The molecule has 7 rings (SSSR count). The maximum absolute atomic E-state index is 12.7. The summed E-state index contributed by atoms with van der Waals surface area (Å²) in [6, 6.07) is 39.5. The summed E-state index contributed by atoms with van der Waals surface area (Å²) in [5.41, 5.74) is 14.8. The zero-order valence-corrected chi connectivity index (χ0v) is 30.1. The highest BCUT2D eigenvalue weighted by atomic mass is 16.7. The third-order valence-corrected chi connectivity index (χ3v) is 9.74. The first kappa shape index (κ1) is 36.5. The van der Waals surface area contributed by atoms with Gasteiger partial charge in [-0.15, -0.1) is 0 Å². The number of carbonyl (C=O) groups excluding carboxylic acids is 2. The van der Waals surface area contributed by atoms with Gasteiger partial charge in [0.1, 0.15) is 0 Å². The highest BCUT2D eigenvalue weighted by Gasteiger charge is 2.33. The van der Waals surface area contributed by atoms with Crippen LogP contribution in [0.2, 0.25) is 0 Å². The quantitative estimate of drug-likeness (QED) is 0.0663. The summed E-state index contributed by atoms with van der Waals surface area (Å²) in [5.74, 6) is -0.173. The van der Waals surface area contributed by atoms with Crippen LogP contribution < -0.4 is 16.4 Å². The maximum atomic E-state index is 12.7. The van der Waals surface area contributed by atoms with Crippen LogP contribution in [0.4, 0.5) is 11.4 Å². The molecule has 0 saturated carbocycles. The Kier molecular flexibility index (Phi) is 11.7. The van der Waals surface area contributed by atoms with E-state index in [4.69, 9.17) is 15.2 Å². The fraction of sp³-hybridized carbons (Fsp3) is 0.250. The molecular formula is C44H45N5O5. The molecule has 1 fully saturated rings. The summed E-state index contributed by atoms with van der Waals surface area (Å²) in [7, 11) is 0. The molecule has 5 N–H and O–H groups in total. The maximum Gasteiger partial charge on any atom is 0.224 e. The summed E-state index contributed by atoms with van der Waals surface area (Å²) < 4.78 is 15.5. The number of ether oxygens (including phenoxy) is 2. The number of fused-ring (bicyclic) bond motifs is 1. The van der Waals surface area contributed by atoms with Gasteiger partial charge in [-0.1, -0.05) is 84.9 Å². The Morgan fingerprint density at radius 1 is 0.778 bits per heavy atom. The minimum Gasteiger partial charge on any atom is -0.397 e. The highest BCUT2D eigenvalue weighted by Crippen LogP contribution is 2.39. The number of nitrogens with zero attached hydrogens (tertiary/aromatic N) is 2. The van der Waals surface area contributed by atoms with Gasteiger partial charge in [0.25, 0.3) is 0 Å². The fourth-order valence-corrected chi connectivity index (χ4v) is 6.82. The number of benzene rings is 5. The molecule has 3 atom stereocenters. The number of unbranched alkanes of at least 4 members (excludes halogenated alkanes) is 1. The Bertz CT molecular complexity index is 2200. The lowest BCUT2D eigenvalue weighted by molar-refractivity contribution is -0.252. The van der Waals surface area contributed by atoms with Crippen LogP contribution in [0.25, 0.3) is 22.2 Å². The van der Waals surface area contributed by atoms with Crippen molar-refractivity contribution in [2.45, 2.75) is 70.3 Å². The Morgan fingerprint density at radius 3 is 2.33 bits per heavy atom. The Morgan fingerprint density at radius 2 is 1.52 bits per heavy atom. The molecule has 276 valence electrons. The van der Waals surface area contributed by atoms with Gasteiger partial charge in [0, 0.05) is 31.4 Å². The monoisotopic (exact) mass is 723 g/mol. The van der Waals surface area contributed by atoms with Crippen molar-refractivity contribution in [2.24, 2.45) is 0 Å². The van der Waals surface area contributed by atoms with Crippen LogP contribution in [-0.4, -0.2) is 32.6 Å². The van der Waals surface area contributed by atoms with Gasteiger partial charge in [-0.05, 0) is 77.1 Å². The Hall–Kier alpha value is -5.81. The molecule has 0 spiro atoms. The zero-order chi connectivity index (χ0) is 37.3.